The van der Waals surface area contributed by atoms with E-state index in [1.807, 2.05) is 17.6 Å². The van der Waals surface area contributed by atoms with Gasteiger partial charge in [-0.1, -0.05) is 23.5 Å². The van der Waals surface area contributed by atoms with E-state index in [0.717, 1.165) is 35.4 Å². The molecule has 0 unspecified atom stereocenters. The third-order valence-corrected chi connectivity index (χ3v) is 4.45. The Bertz CT molecular complexity index is 729. The number of aromatic nitrogens is 3. The summed E-state index contributed by atoms with van der Waals surface area (Å²) in [5, 5.41) is 8.80. The predicted molar refractivity (Wildman–Crippen MR) is 93.2 cm³/mol. The van der Waals surface area contributed by atoms with Gasteiger partial charge < -0.3 is 10.2 Å². The molecule has 0 saturated carbocycles. The lowest BCUT2D eigenvalue weighted by Gasteiger charge is -2.23. The Morgan fingerprint density at radius 1 is 1.32 bits per heavy atom. The summed E-state index contributed by atoms with van der Waals surface area (Å²) in [6, 6.07) is 8.63. The normalized spacial score (nSPS) is 11.0. The average molecular weight is 315 g/mol. The molecule has 0 aliphatic carbocycles. The van der Waals surface area contributed by atoms with Crippen molar-refractivity contribution in [1.29, 1.82) is 0 Å². The maximum absolute atomic E-state index is 4.49. The average Bonchev–Trinajstić information content (AvgIpc) is 3.00. The molecule has 0 fully saturated rings. The molecule has 2 heterocycles. The van der Waals surface area contributed by atoms with E-state index in [1.165, 1.54) is 11.3 Å². The van der Waals surface area contributed by atoms with Gasteiger partial charge in [-0.25, -0.2) is 9.50 Å². The first kappa shape index (κ1) is 14.8. The first-order valence-corrected chi connectivity index (χ1v) is 8.35. The molecule has 3 aromatic rings. The van der Waals surface area contributed by atoms with Crippen LogP contribution in [0, 0.1) is 13.8 Å². The van der Waals surface area contributed by atoms with Crippen LogP contribution < -0.4 is 10.2 Å². The van der Waals surface area contributed by atoms with Crippen LogP contribution in [0.15, 0.2) is 30.5 Å². The quantitative estimate of drug-likeness (QED) is 0.758. The fourth-order valence-electron chi connectivity index (χ4n) is 2.47. The summed E-state index contributed by atoms with van der Waals surface area (Å²) in [5.41, 5.74) is 3.57. The molecule has 1 N–H and O–H groups in total. The van der Waals surface area contributed by atoms with Crippen molar-refractivity contribution in [2.45, 2.75) is 20.8 Å². The molecule has 22 heavy (non-hydrogen) atoms. The minimum absolute atomic E-state index is 0.859. The molecule has 3 rings (SSSR count). The van der Waals surface area contributed by atoms with Crippen LogP contribution in [-0.4, -0.2) is 34.2 Å². The molecular weight excluding hydrogens is 294 g/mol. The SMILES string of the molecule is CCN(CCNc1nn2cc(C)nc2s1)c1cccc(C)c1. The van der Waals surface area contributed by atoms with E-state index in [0.29, 0.717) is 0 Å². The van der Waals surface area contributed by atoms with Gasteiger partial charge in [0.15, 0.2) is 0 Å². The number of likely N-dealkylation sites (N-methyl/N-ethyl adjacent to an activating group) is 1. The number of imidazole rings is 1. The van der Waals surface area contributed by atoms with Crippen molar-refractivity contribution in [2.24, 2.45) is 0 Å². The number of aryl methyl sites for hydroxylation is 2. The largest absolute Gasteiger partial charge is 0.370 e. The number of rotatable bonds is 6. The number of anilines is 2. The highest BCUT2D eigenvalue weighted by Crippen LogP contribution is 2.19. The fourth-order valence-corrected chi connectivity index (χ4v) is 3.33. The van der Waals surface area contributed by atoms with Gasteiger partial charge in [-0.2, -0.15) is 0 Å². The van der Waals surface area contributed by atoms with Crippen LogP contribution in [0.1, 0.15) is 18.2 Å². The zero-order valence-electron chi connectivity index (χ0n) is 13.2. The molecule has 0 amide bonds. The Labute approximate surface area is 134 Å². The smallest absolute Gasteiger partial charge is 0.214 e. The van der Waals surface area contributed by atoms with Gasteiger partial charge in [0, 0.05) is 25.3 Å². The molecule has 1 aromatic carbocycles. The van der Waals surface area contributed by atoms with Gasteiger partial charge >= 0.3 is 0 Å². The fraction of sp³-hybridized carbons (Fsp3) is 0.375. The zero-order chi connectivity index (χ0) is 15.5. The first-order valence-electron chi connectivity index (χ1n) is 7.54. The number of benzene rings is 1. The van der Waals surface area contributed by atoms with E-state index in [1.54, 1.807) is 11.3 Å². The highest BCUT2D eigenvalue weighted by Gasteiger charge is 2.07. The molecule has 0 saturated heterocycles. The number of fused-ring (bicyclic) bond motifs is 1. The van der Waals surface area contributed by atoms with Gasteiger partial charge in [-0.3, -0.25) is 0 Å². The summed E-state index contributed by atoms with van der Waals surface area (Å²) >= 11 is 1.59. The molecule has 0 aliphatic heterocycles. The number of hydrogen-bond donors (Lipinski definition) is 1. The van der Waals surface area contributed by atoms with Crippen molar-refractivity contribution < 1.29 is 0 Å². The summed E-state index contributed by atoms with van der Waals surface area (Å²) in [6.07, 6.45) is 1.95. The van der Waals surface area contributed by atoms with E-state index in [4.69, 9.17) is 0 Å². The minimum atomic E-state index is 0.859. The van der Waals surface area contributed by atoms with Crippen LogP contribution in [-0.2, 0) is 0 Å². The van der Waals surface area contributed by atoms with Gasteiger partial charge in [0.2, 0.25) is 10.1 Å². The molecule has 6 heteroatoms. The summed E-state index contributed by atoms with van der Waals surface area (Å²) in [4.78, 5) is 7.72. The Kier molecular flexibility index (Phi) is 4.29. The highest BCUT2D eigenvalue weighted by atomic mass is 32.1. The van der Waals surface area contributed by atoms with E-state index in [-0.39, 0.29) is 0 Å². The minimum Gasteiger partial charge on any atom is -0.370 e. The molecule has 5 nitrogen and oxygen atoms in total. The molecule has 2 aromatic heterocycles. The molecule has 0 aliphatic rings. The van der Waals surface area contributed by atoms with Crippen LogP contribution in [0.3, 0.4) is 0 Å². The van der Waals surface area contributed by atoms with E-state index in [9.17, 15) is 0 Å². The third kappa shape index (κ3) is 3.22. The Balaban J connectivity index is 1.59. The zero-order valence-corrected chi connectivity index (χ0v) is 14.0. The van der Waals surface area contributed by atoms with Gasteiger partial charge in [0.05, 0.1) is 11.9 Å². The first-order chi connectivity index (χ1) is 10.7. The molecular formula is C16H21N5S. The van der Waals surface area contributed by atoms with Crippen molar-refractivity contribution in [1.82, 2.24) is 14.6 Å². The molecule has 116 valence electrons. The third-order valence-electron chi connectivity index (χ3n) is 3.57. The van der Waals surface area contributed by atoms with Gasteiger partial charge in [-0.05, 0) is 38.5 Å². The number of nitrogens with zero attached hydrogens (tertiary/aromatic N) is 4. The van der Waals surface area contributed by atoms with Crippen LogP contribution in [0.5, 0.6) is 0 Å². The van der Waals surface area contributed by atoms with Crippen LogP contribution in [0.25, 0.3) is 4.96 Å². The summed E-state index contributed by atoms with van der Waals surface area (Å²) in [7, 11) is 0. The topological polar surface area (TPSA) is 45.5 Å². The van der Waals surface area contributed by atoms with Crippen molar-refractivity contribution in [3.8, 4) is 0 Å². The second-order valence-corrected chi connectivity index (χ2v) is 6.32. The predicted octanol–water partition coefficient (Wildman–Crippen LogP) is 3.35. The van der Waals surface area contributed by atoms with Crippen LogP contribution in [0.2, 0.25) is 0 Å². The second-order valence-electron chi connectivity index (χ2n) is 5.36. The van der Waals surface area contributed by atoms with E-state index in [2.05, 4.69) is 58.4 Å². The molecule has 0 atom stereocenters. The van der Waals surface area contributed by atoms with Crippen molar-refractivity contribution in [3.05, 3.63) is 41.7 Å². The van der Waals surface area contributed by atoms with Gasteiger partial charge in [0.1, 0.15) is 0 Å². The summed E-state index contributed by atoms with van der Waals surface area (Å²) in [6.45, 7) is 9.09. The lowest BCUT2D eigenvalue weighted by molar-refractivity contribution is 0.831. The molecule has 0 radical (unpaired) electrons. The van der Waals surface area contributed by atoms with Gasteiger partial charge in [0.25, 0.3) is 0 Å². The molecule has 0 spiro atoms. The Morgan fingerprint density at radius 3 is 2.91 bits per heavy atom. The summed E-state index contributed by atoms with van der Waals surface area (Å²) < 4.78 is 1.83. The standard InChI is InChI=1S/C16H21N5S/c1-4-20(14-7-5-6-12(2)10-14)9-8-17-15-19-21-11-13(3)18-16(21)22-15/h5-7,10-11H,4,8-9H2,1-3H3,(H,17,19). The van der Waals surface area contributed by atoms with Crippen LogP contribution in [0.4, 0.5) is 10.8 Å². The van der Waals surface area contributed by atoms with E-state index < -0.39 is 0 Å². The Hall–Kier alpha value is -2.08. The van der Waals surface area contributed by atoms with Crippen molar-refractivity contribution in [2.75, 3.05) is 29.9 Å². The lowest BCUT2D eigenvalue weighted by atomic mass is 10.2. The maximum Gasteiger partial charge on any atom is 0.214 e. The second kappa shape index (κ2) is 6.36. The van der Waals surface area contributed by atoms with E-state index >= 15 is 0 Å². The van der Waals surface area contributed by atoms with Crippen molar-refractivity contribution >= 4 is 27.1 Å². The Morgan fingerprint density at radius 2 is 2.18 bits per heavy atom. The summed E-state index contributed by atoms with van der Waals surface area (Å²) in [5.74, 6) is 0. The molecule has 0 bridgehead atoms. The monoisotopic (exact) mass is 315 g/mol. The number of nitrogens with one attached hydrogen (secondary N) is 1. The van der Waals surface area contributed by atoms with Crippen LogP contribution >= 0.6 is 11.3 Å². The lowest BCUT2D eigenvalue weighted by Crippen LogP contribution is -2.28. The highest BCUT2D eigenvalue weighted by molar-refractivity contribution is 7.20. The maximum atomic E-state index is 4.49. The number of hydrogen-bond acceptors (Lipinski definition) is 5. The van der Waals surface area contributed by atoms with Gasteiger partial charge in [-0.15, -0.1) is 5.10 Å². The van der Waals surface area contributed by atoms with Crippen molar-refractivity contribution in [3.63, 3.8) is 0 Å².